The third-order valence-corrected chi connectivity index (χ3v) is 8.94. The van der Waals surface area contributed by atoms with E-state index in [0.717, 1.165) is 5.56 Å². The summed E-state index contributed by atoms with van der Waals surface area (Å²) >= 11 is 0. The van der Waals surface area contributed by atoms with E-state index in [9.17, 15) is 39.9 Å². The zero-order chi connectivity index (χ0) is 36.5. The number of rotatable bonds is 14. The molecule has 15 heteroatoms. The topological polar surface area (TPSA) is 214 Å². The van der Waals surface area contributed by atoms with Gasteiger partial charge in [-0.25, -0.2) is 4.79 Å². The predicted molar refractivity (Wildman–Crippen MR) is 179 cm³/mol. The molecule has 2 aromatic rings. The molecular weight excluding hydrogens is 668 g/mol. The van der Waals surface area contributed by atoms with Gasteiger partial charge in [0.25, 0.3) is 0 Å². The number of aliphatic hydroxyl groups is 5. The van der Waals surface area contributed by atoms with Crippen LogP contribution >= 0.6 is 0 Å². The number of amides is 2. The molecule has 2 aromatic carbocycles. The molecule has 6 N–H and O–H groups in total. The van der Waals surface area contributed by atoms with Gasteiger partial charge < -0.3 is 59.4 Å². The fourth-order valence-electron chi connectivity index (χ4n) is 6.14. The van der Waals surface area contributed by atoms with E-state index in [1.54, 1.807) is 42.5 Å². The first-order chi connectivity index (χ1) is 24.6. The van der Waals surface area contributed by atoms with E-state index in [0.29, 0.717) is 11.1 Å². The average molecular weight is 713 g/mol. The Morgan fingerprint density at radius 3 is 2.55 bits per heavy atom. The first kappa shape index (κ1) is 38.2. The Morgan fingerprint density at radius 2 is 1.80 bits per heavy atom. The van der Waals surface area contributed by atoms with Crippen molar-refractivity contribution in [3.63, 3.8) is 0 Å². The van der Waals surface area contributed by atoms with Crippen LogP contribution in [0.25, 0.3) is 6.08 Å². The number of hydrogen-bond acceptors (Lipinski definition) is 13. The molecule has 2 fully saturated rings. The molecule has 51 heavy (non-hydrogen) atoms. The molecule has 0 bridgehead atoms. The van der Waals surface area contributed by atoms with E-state index in [4.69, 9.17) is 23.7 Å². The Labute approximate surface area is 294 Å². The number of carbonyl (C=O) groups is 3. The molecule has 5 rings (SSSR count). The summed E-state index contributed by atoms with van der Waals surface area (Å²) in [6.45, 7) is -0.903. The Kier molecular flexibility index (Phi) is 13.4. The molecule has 2 heterocycles. The quantitative estimate of drug-likeness (QED) is 0.134. The summed E-state index contributed by atoms with van der Waals surface area (Å²) < 4.78 is 28.1. The highest BCUT2D eigenvalue weighted by molar-refractivity contribution is 5.97. The van der Waals surface area contributed by atoms with Crippen molar-refractivity contribution in [2.75, 3.05) is 40.2 Å². The number of hydrogen-bond donors (Lipinski definition) is 6. The standard InChI is InChI=1S/C36H44N2O13/c1-38(25(33(44)37-12-13-39)16-22-7-3-2-4-8-22)34(45)24-17-26-32(49-20-48-26)27(18-24)50-35(46)23-11-5-9-21(15-23)10-6-14-47-36-31(43)30(42)29(41)28(19-40)51-36/h2-11,15,17,25-32,36,39-43H,12-14,16,18-20H2,1H3,(H,37,44). The fourth-order valence-corrected chi connectivity index (χ4v) is 6.14. The lowest BCUT2D eigenvalue weighted by Crippen LogP contribution is -2.59. The number of fused-ring (bicyclic) bond motifs is 1. The number of benzene rings is 2. The van der Waals surface area contributed by atoms with Gasteiger partial charge in [0, 0.05) is 32.0 Å². The number of carbonyl (C=O) groups excluding carboxylic acids is 3. The predicted octanol–water partition coefficient (Wildman–Crippen LogP) is -0.708. The van der Waals surface area contributed by atoms with Crippen molar-refractivity contribution in [2.24, 2.45) is 0 Å². The van der Waals surface area contributed by atoms with Gasteiger partial charge in [0.1, 0.15) is 55.6 Å². The van der Waals surface area contributed by atoms with E-state index in [1.165, 1.54) is 11.9 Å². The summed E-state index contributed by atoms with van der Waals surface area (Å²) in [5.74, 6) is -1.52. The van der Waals surface area contributed by atoms with Gasteiger partial charge in [-0.1, -0.05) is 54.6 Å². The van der Waals surface area contributed by atoms with Crippen LogP contribution in [0.5, 0.6) is 0 Å². The second-order valence-corrected chi connectivity index (χ2v) is 12.4. The van der Waals surface area contributed by atoms with Crippen LogP contribution in [0.15, 0.2) is 72.3 Å². The molecule has 2 aliphatic heterocycles. The number of nitrogens with zero attached hydrogens (tertiary/aromatic N) is 1. The maximum absolute atomic E-state index is 13.9. The summed E-state index contributed by atoms with van der Waals surface area (Å²) in [4.78, 5) is 41.7. The zero-order valence-corrected chi connectivity index (χ0v) is 28.0. The van der Waals surface area contributed by atoms with Crippen molar-refractivity contribution in [1.82, 2.24) is 10.2 Å². The molecule has 15 nitrogen and oxygen atoms in total. The van der Waals surface area contributed by atoms with Gasteiger partial charge >= 0.3 is 5.97 Å². The van der Waals surface area contributed by atoms with Crippen LogP contribution in [0.1, 0.15) is 27.9 Å². The van der Waals surface area contributed by atoms with Crippen molar-refractivity contribution >= 4 is 23.9 Å². The Balaban J connectivity index is 1.22. The Hall–Kier alpha value is -4.03. The van der Waals surface area contributed by atoms with E-state index in [-0.39, 0.29) is 45.0 Å². The second kappa shape index (κ2) is 17.9. The molecule has 0 saturated carbocycles. The highest BCUT2D eigenvalue weighted by Crippen LogP contribution is 2.32. The third-order valence-electron chi connectivity index (χ3n) is 8.94. The minimum Gasteiger partial charge on any atom is -0.456 e. The number of esters is 1. The van der Waals surface area contributed by atoms with E-state index in [2.05, 4.69) is 5.32 Å². The van der Waals surface area contributed by atoms with E-state index < -0.39 is 79.5 Å². The molecule has 0 radical (unpaired) electrons. The average Bonchev–Trinajstić information content (AvgIpc) is 3.63. The van der Waals surface area contributed by atoms with Gasteiger partial charge in [-0.15, -0.1) is 0 Å². The van der Waals surface area contributed by atoms with Gasteiger partial charge in [-0.3, -0.25) is 9.59 Å². The maximum atomic E-state index is 13.9. The lowest BCUT2D eigenvalue weighted by molar-refractivity contribution is -0.298. The molecule has 9 atom stereocenters. The largest absolute Gasteiger partial charge is 0.456 e. The summed E-state index contributed by atoms with van der Waals surface area (Å²) in [5, 5.41) is 51.3. The maximum Gasteiger partial charge on any atom is 0.338 e. The number of aliphatic hydroxyl groups excluding tert-OH is 5. The number of ether oxygens (including phenoxy) is 5. The monoisotopic (exact) mass is 712 g/mol. The summed E-state index contributed by atoms with van der Waals surface area (Å²) in [7, 11) is 1.53. The smallest absolute Gasteiger partial charge is 0.338 e. The van der Waals surface area contributed by atoms with Gasteiger partial charge in [0.05, 0.1) is 25.4 Å². The van der Waals surface area contributed by atoms with Gasteiger partial charge in [-0.05, 0) is 29.3 Å². The van der Waals surface area contributed by atoms with Crippen LogP contribution in [0.3, 0.4) is 0 Å². The van der Waals surface area contributed by atoms with Crippen LogP contribution in [-0.2, 0) is 39.7 Å². The van der Waals surface area contributed by atoms with Crippen molar-refractivity contribution in [1.29, 1.82) is 0 Å². The normalized spacial score (nSPS) is 28.1. The summed E-state index contributed by atoms with van der Waals surface area (Å²) in [5.41, 5.74) is 1.98. The van der Waals surface area contributed by atoms with E-state index in [1.807, 2.05) is 30.3 Å². The van der Waals surface area contributed by atoms with Crippen LogP contribution < -0.4 is 5.32 Å². The fraction of sp³-hybridized carbons (Fsp3) is 0.472. The summed E-state index contributed by atoms with van der Waals surface area (Å²) in [6, 6.07) is 14.9. The van der Waals surface area contributed by atoms with Crippen molar-refractivity contribution in [3.8, 4) is 0 Å². The molecule has 2 saturated heterocycles. The van der Waals surface area contributed by atoms with Gasteiger partial charge in [-0.2, -0.15) is 0 Å². The van der Waals surface area contributed by atoms with Crippen molar-refractivity contribution in [2.45, 2.75) is 67.9 Å². The Morgan fingerprint density at radius 1 is 1.02 bits per heavy atom. The van der Waals surface area contributed by atoms with Gasteiger partial charge in [0.2, 0.25) is 11.8 Å². The lowest BCUT2D eigenvalue weighted by atomic mass is 9.90. The highest BCUT2D eigenvalue weighted by atomic mass is 16.7. The second-order valence-electron chi connectivity index (χ2n) is 12.4. The molecule has 0 spiro atoms. The number of likely N-dealkylation sites (N-methyl/N-ethyl adjacent to an activating group) is 1. The minimum atomic E-state index is -1.56. The zero-order valence-electron chi connectivity index (χ0n) is 28.0. The molecule has 2 amide bonds. The van der Waals surface area contributed by atoms with Crippen LogP contribution in [0.4, 0.5) is 0 Å². The number of nitrogens with one attached hydrogen (secondary N) is 1. The van der Waals surface area contributed by atoms with E-state index >= 15 is 0 Å². The SMILES string of the molecule is CN(C(=O)C1=CC2OCOC2C(OC(=O)c2cccc(C=CCOC3OC(CO)C(O)C(O)C3O)c2)C1)C(Cc1ccccc1)C(=O)NCCO. The molecule has 3 aliphatic rings. The molecule has 276 valence electrons. The van der Waals surface area contributed by atoms with Crippen LogP contribution in [0.2, 0.25) is 0 Å². The molecule has 1 aliphatic carbocycles. The Bertz CT molecular complexity index is 1550. The van der Waals surface area contributed by atoms with Crippen molar-refractivity contribution < 1.29 is 63.6 Å². The van der Waals surface area contributed by atoms with Crippen LogP contribution in [0, 0.1) is 0 Å². The summed E-state index contributed by atoms with van der Waals surface area (Å²) in [6.07, 6.45) is -3.97. The highest BCUT2D eigenvalue weighted by Gasteiger charge is 2.45. The first-order valence-corrected chi connectivity index (χ1v) is 16.6. The van der Waals surface area contributed by atoms with Gasteiger partial charge in [0.15, 0.2) is 6.29 Å². The minimum absolute atomic E-state index is 0.0185. The molecular formula is C36H44N2O13. The lowest BCUT2D eigenvalue weighted by Gasteiger charge is -2.39. The molecule has 9 unspecified atom stereocenters. The third kappa shape index (κ3) is 9.45. The van der Waals surface area contributed by atoms with Crippen molar-refractivity contribution in [3.05, 3.63) is 89.0 Å². The van der Waals surface area contributed by atoms with Crippen LogP contribution in [-0.4, -0.2) is 143 Å². The first-order valence-electron chi connectivity index (χ1n) is 16.6. The molecule has 0 aromatic heterocycles.